The predicted molar refractivity (Wildman–Crippen MR) is 94.5 cm³/mol. The van der Waals surface area contributed by atoms with E-state index in [0.717, 1.165) is 6.07 Å². The third-order valence-corrected chi connectivity index (χ3v) is 3.81. The lowest BCUT2D eigenvalue weighted by molar-refractivity contribution is -0.123. The second-order valence-corrected chi connectivity index (χ2v) is 5.82. The summed E-state index contributed by atoms with van der Waals surface area (Å²) < 4.78 is 14.2. The van der Waals surface area contributed by atoms with Gasteiger partial charge < -0.3 is 16.0 Å². The van der Waals surface area contributed by atoms with Gasteiger partial charge in [-0.3, -0.25) is 14.4 Å². The summed E-state index contributed by atoms with van der Waals surface area (Å²) in [5, 5.41) is 7.29. The van der Waals surface area contributed by atoms with Crippen molar-refractivity contribution < 1.29 is 18.8 Å². The highest BCUT2D eigenvalue weighted by atomic mass is 79.9. The molecule has 0 unspecified atom stereocenters. The van der Waals surface area contributed by atoms with Crippen LogP contribution in [0.5, 0.6) is 0 Å². The molecule has 0 aliphatic rings. The minimum absolute atomic E-state index is 0.151. The van der Waals surface area contributed by atoms with Crippen molar-refractivity contribution in [1.82, 2.24) is 10.6 Å². The van der Waals surface area contributed by atoms with Crippen molar-refractivity contribution >= 4 is 39.3 Å². The van der Waals surface area contributed by atoms with Gasteiger partial charge >= 0.3 is 0 Å². The van der Waals surface area contributed by atoms with Crippen LogP contribution in [0.1, 0.15) is 10.4 Å². The molecule has 2 rings (SSSR count). The summed E-state index contributed by atoms with van der Waals surface area (Å²) in [5.41, 5.74) is 0.427. The molecule has 0 saturated carbocycles. The molecule has 0 atom stereocenters. The van der Waals surface area contributed by atoms with Gasteiger partial charge in [-0.15, -0.1) is 0 Å². The van der Waals surface area contributed by atoms with Crippen molar-refractivity contribution in [3.8, 4) is 0 Å². The van der Waals surface area contributed by atoms with Crippen molar-refractivity contribution in [2.24, 2.45) is 0 Å². The van der Waals surface area contributed by atoms with Gasteiger partial charge in [0.05, 0.1) is 24.3 Å². The summed E-state index contributed by atoms with van der Waals surface area (Å²) in [7, 11) is 0. The second-order valence-electron chi connectivity index (χ2n) is 4.97. The first-order valence-corrected chi connectivity index (χ1v) is 8.10. The van der Waals surface area contributed by atoms with Crippen LogP contribution in [0.4, 0.5) is 10.1 Å². The van der Waals surface area contributed by atoms with Crippen LogP contribution in [0, 0.1) is 5.82 Å². The van der Waals surface area contributed by atoms with E-state index in [0.29, 0.717) is 10.2 Å². The van der Waals surface area contributed by atoms with Gasteiger partial charge in [0.1, 0.15) is 5.82 Å². The third-order valence-electron chi connectivity index (χ3n) is 3.12. The maximum absolute atomic E-state index is 13.4. The number of nitrogens with one attached hydrogen (secondary N) is 3. The number of carbonyl (C=O) groups is 3. The normalized spacial score (nSPS) is 10.0. The largest absolute Gasteiger partial charge is 0.345 e. The van der Waals surface area contributed by atoms with Crippen LogP contribution in [-0.4, -0.2) is 30.8 Å². The molecule has 2 aromatic carbocycles. The van der Waals surface area contributed by atoms with Gasteiger partial charge in [-0.2, -0.15) is 0 Å². The van der Waals surface area contributed by atoms with Gasteiger partial charge in [-0.25, -0.2) is 4.39 Å². The molecular weight excluding hydrogens is 393 g/mol. The monoisotopic (exact) mass is 407 g/mol. The number of halogens is 2. The third kappa shape index (κ3) is 5.68. The van der Waals surface area contributed by atoms with E-state index in [1.807, 2.05) is 0 Å². The first-order chi connectivity index (χ1) is 12.0. The Morgan fingerprint density at radius 2 is 1.52 bits per heavy atom. The molecule has 0 radical (unpaired) electrons. The molecule has 0 heterocycles. The first kappa shape index (κ1) is 18.6. The minimum Gasteiger partial charge on any atom is -0.345 e. The highest BCUT2D eigenvalue weighted by Gasteiger charge is 2.12. The molecule has 0 spiro atoms. The van der Waals surface area contributed by atoms with E-state index >= 15 is 0 Å². The first-order valence-electron chi connectivity index (χ1n) is 7.31. The van der Waals surface area contributed by atoms with Crippen molar-refractivity contribution in [1.29, 1.82) is 0 Å². The molecule has 6 nitrogen and oxygen atoms in total. The molecule has 3 amide bonds. The number of carbonyl (C=O) groups excluding carboxylic acids is 3. The zero-order chi connectivity index (χ0) is 18.2. The van der Waals surface area contributed by atoms with E-state index in [4.69, 9.17) is 0 Å². The predicted octanol–water partition coefficient (Wildman–Crippen LogP) is 2.07. The Hall–Kier alpha value is -2.74. The van der Waals surface area contributed by atoms with Crippen LogP contribution in [0.3, 0.4) is 0 Å². The van der Waals surface area contributed by atoms with E-state index in [2.05, 4.69) is 31.9 Å². The highest BCUT2D eigenvalue weighted by molar-refractivity contribution is 9.10. The molecule has 8 heteroatoms. The summed E-state index contributed by atoms with van der Waals surface area (Å²) >= 11 is 3.29. The van der Waals surface area contributed by atoms with Gasteiger partial charge in [0.15, 0.2) is 0 Å². The number of rotatable bonds is 6. The fourth-order valence-corrected chi connectivity index (χ4v) is 2.28. The van der Waals surface area contributed by atoms with E-state index in [-0.39, 0.29) is 18.7 Å². The van der Waals surface area contributed by atoms with Crippen LogP contribution in [0.2, 0.25) is 0 Å². The average molecular weight is 408 g/mol. The molecule has 0 aliphatic carbocycles. The SMILES string of the molecule is O=C(CNC(=O)c1ccccc1F)NCC(=O)Nc1ccccc1Br. The van der Waals surface area contributed by atoms with Crippen LogP contribution < -0.4 is 16.0 Å². The molecule has 0 fully saturated rings. The van der Waals surface area contributed by atoms with Crippen molar-refractivity contribution in [2.45, 2.75) is 0 Å². The smallest absolute Gasteiger partial charge is 0.254 e. The molecular formula is C17H15BrFN3O3. The zero-order valence-corrected chi connectivity index (χ0v) is 14.6. The molecule has 0 aliphatic heterocycles. The lowest BCUT2D eigenvalue weighted by Crippen LogP contribution is -2.40. The highest BCUT2D eigenvalue weighted by Crippen LogP contribution is 2.20. The standard InChI is InChI=1S/C17H15BrFN3O3/c18-12-6-2-4-8-14(12)22-16(24)10-20-15(23)9-21-17(25)11-5-1-3-7-13(11)19/h1-8H,9-10H2,(H,20,23)(H,21,25)(H,22,24). The van der Waals surface area contributed by atoms with Crippen LogP contribution >= 0.6 is 15.9 Å². The average Bonchev–Trinajstić information content (AvgIpc) is 2.60. The lowest BCUT2D eigenvalue weighted by Gasteiger charge is -2.09. The molecule has 2 aromatic rings. The number of para-hydroxylation sites is 1. The van der Waals surface area contributed by atoms with E-state index in [1.165, 1.54) is 18.2 Å². The Bertz CT molecular complexity index is 798. The van der Waals surface area contributed by atoms with Crippen LogP contribution in [-0.2, 0) is 9.59 Å². The Morgan fingerprint density at radius 3 is 2.24 bits per heavy atom. The Balaban J connectivity index is 1.75. The molecule has 0 aromatic heterocycles. The van der Waals surface area contributed by atoms with Gasteiger partial charge in [0.25, 0.3) is 5.91 Å². The number of hydrogen-bond donors (Lipinski definition) is 3. The molecule has 3 N–H and O–H groups in total. The number of amides is 3. The van der Waals surface area contributed by atoms with Crippen molar-refractivity contribution in [3.05, 3.63) is 64.4 Å². The van der Waals surface area contributed by atoms with Gasteiger partial charge in [0.2, 0.25) is 11.8 Å². The molecule has 0 saturated heterocycles. The van der Waals surface area contributed by atoms with Crippen molar-refractivity contribution in [2.75, 3.05) is 18.4 Å². The zero-order valence-electron chi connectivity index (χ0n) is 13.0. The topological polar surface area (TPSA) is 87.3 Å². The number of benzene rings is 2. The molecule has 0 bridgehead atoms. The van der Waals surface area contributed by atoms with E-state index in [9.17, 15) is 18.8 Å². The Kier molecular flexibility index (Phi) is 6.64. The van der Waals surface area contributed by atoms with Crippen LogP contribution in [0.25, 0.3) is 0 Å². The Morgan fingerprint density at radius 1 is 0.880 bits per heavy atom. The summed E-state index contributed by atoms with van der Waals surface area (Å²) in [5.74, 6) is -2.35. The van der Waals surface area contributed by atoms with Gasteiger partial charge in [-0.05, 0) is 40.2 Å². The van der Waals surface area contributed by atoms with Gasteiger partial charge in [-0.1, -0.05) is 24.3 Å². The van der Waals surface area contributed by atoms with Crippen molar-refractivity contribution in [3.63, 3.8) is 0 Å². The molecule has 25 heavy (non-hydrogen) atoms. The molecule has 130 valence electrons. The van der Waals surface area contributed by atoms with E-state index in [1.54, 1.807) is 24.3 Å². The Labute approximate surface area is 151 Å². The number of anilines is 1. The van der Waals surface area contributed by atoms with Crippen LogP contribution in [0.15, 0.2) is 53.0 Å². The van der Waals surface area contributed by atoms with Gasteiger partial charge in [0, 0.05) is 4.47 Å². The fourth-order valence-electron chi connectivity index (χ4n) is 1.90. The quantitative estimate of drug-likeness (QED) is 0.684. The second kappa shape index (κ2) is 8.93. The lowest BCUT2D eigenvalue weighted by atomic mass is 10.2. The number of hydrogen-bond acceptors (Lipinski definition) is 3. The summed E-state index contributed by atoms with van der Waals surface area (Å²) in [6.45, 7) is -0.620. The minimum atomic E-state index is -0.703. The fraction of sp³-hybridized carbons (Fsp3) is 0.118. The van der Waals surface area contributed by atoms with E-state index < -0.39 is 23.5 Å². The summed E-state index contributed by atoms with van der Waals surface area (Å²) in [6, 6.07) is 12.5. The summed E-state index contributed by atoms with van der Waals surface area (Å²) in [6.07, 6.45) is 0. The maximum Gasteiger partial charge on any atom is 0.254 e. The summed E-state index contributed by atoms with van der Waals surface area (Å²) in [4.78, 5) is 35.2. The maximum atomic E-state index is 13.4.